The van der Waals surface area contributed by atoms with Gasteiger partial charge in [0.1, 0.15) is 11.3 Å². The maximum atomic E-state index is 12.8. The number of alkyl halides is 1. The van der Waals surface area contributed by atoms with Crippen molar-refractivity contribution in [2.75, 3.05) is 17.2 Å². The molecule has 6 aromatic rings. The molecule has 0 saturated heterocycles. The van der Waals surface area contributed by atoms with Crippen LogP contribution < -0.4 is 20.6 Å². The molecule has 0 fully saturated rings. The maximum Gasteiger partial charge on any atom is 0.258 e. The standard InChI is InChI=1S/C35H34ClN13O3/c1-19(16-49-17-23-13-25(6-10-29(23)48-49)40-34-41-32(44-46-34)20-2-7-26(50)8-3-20)38-31(51)18-52-30-11-4-21(14-27(30)36)33-42-35(47-45-33)39-24-5-9-28-22(12-24)15-37-43-28/h2,4-7,9-13,15,17,19,27H,3,8,14,16,18H2,1H3,(H7,37,38,39,40,41,42,43,44,45,46,47,50,51)/p+1. The van der Waals surface area contributed by atoms with Crippen molar-refractivity contribution in [3.8, 4) is 0 Å². The fraction of sp³-hybridized carbons (Fsp3) is 0.229. The molecule has 2 aromatic carbocycles. The summed E-state index contributed by atoms with van der Waals surface area (Å²) in [6.07, 6.45) is 12.6. The van der Waals surface area contributed by atoms with Crippen LogP contribution in [0.1, 0.15) is 37.8 Å². The van der Waals surface area contributed by atoms with Crippen LogP contribution in [0.25, 0.3) is 33.0 Å². The van der Waals surface area contributed by atoms with Gasteiger partial charge in [0.15, 0.2) is 24.8 Å². The Bertz CT molecular complexity index is 2400. The molecule has 52 heavy (non-hydrogen) atoms. The first kappa shape index (κ1) is 32.8. The number of benzene rings is 2. The first-order valence-electron chi connectivity index (χ1n) is 16.7. The second-order valence-electron chi connectivity index (χ2n) is 12.7. The number of rotatable bonds is 12. The Morgan fingerprint density at radius 1 is 0.942 bits per heavy atom. The van der Waals surface area contributed by atoms with Crippen molar-refractivity contribution < 1.29 is 19.3 Å². The van der Waals surface area contributed by atoms with Gasteiger partial charge in [-0.25, -0.2) is 0 Å². The second kappa shape index (κ2) is 14.1. The van der Waals surface area contributed by atoms with Crippen molar-refractivity contribution in [3.05, 3.63) is 96.3 Å². The Labute approximate surface area is 301 Å². The van der Waals surface area contributed by atoms with Gasteiger partial charge in [-0.05, 0) is 79.5 Å². The second-order valence-corrected chi connectivity index (χ2v) is 13.2. The number of nitrogens with one attached hydrogen (secondary N) is 7. The highest BCUT2D eigenvalue weighted by Gasteiger charge is 2.23. The van der Waals surface area contributed by atoms with Crippen LogP contribution in [0.15, 0.2) is 84.6 Å². The molecule has 8 rings (SSSR count). The Kier molecular flexibility index (Phi) is 8.86. The van der Waals surface area contributed by atoms with Crippen molar-refractivity contribution in [3.63, 3.8) is 0 Å². The monoisotopic (exact) mass is 720 g/mol. The largest absolute Gasteiger partial charge is 0.512 e. The van der Waals surface area contributed by atoms with E-state index in [1.165, 1.54) is 0 Å². The summed E-state index contributed by atoms with van der Waals surface area (Å²) in [7, 11) is 0. The molecule has 1 amide bonds. The Hall–Kier alpha value is -6.42. The first-order chi connectivity index (χ1) is 25.3. The van der Waals surface area contributed by atoms with E-state index in [1.807, 2.05) is 66.4 Å². The van der Waals surface area contributed by atoms with Gasteiger partial charge in [0, 0.05) is 23.2 Å². The fourth-order valence-electron chi connectivity index (χ4n) is 6.10. The molecule has 8 N–H and O–H groups in total. The SMILES string of the molecule is CC(C[n+]1cc2cc(Nc3n[nH]c(C4=CC=C(O)CC4)n3)ccc2[nH]1)NC(=O)COC1=CC=C(c2nc(Nc3ccc4[nH]ncc4c3)n[nH]2)CC1Cl. The summed E-state index contributed by atoms with van der Waals surface area (Å²) in [5, 5.41) is 45.3. The van der Waals surface area contributed by atoms with Crippen LogP contribution in [0.5, 0.6) is 0 Å². The molecule has 4 heterocycles. The lowest BCUT2D eigenvalue weighted by molar-refractivity contribution is -0.749. The molecule has 0 saturated carbocycles. The minimum atomic E-state index is -0.468. The van der Waals surface area contributed by atoms with Crippen LogP contribution in [0.2, 0.25) is 0 Å². The van der Waals surface area contributed by atoms with Crippen molar-refractivity contribution in [1.82, 2.24) is 51.0 Å². The van der Waals surface area contributed by atoms with Crippen LogP contribution in [0, 0.1) is 0 Å². The fourth-order valence-corrected chi connectivity index (χ4v) is 6.40. The van der Waals surface area contributed by atoms with Crippen molar-refractivity contribution in [2.24, 2.45) is 0 Å². The molecule has 0 radical (unpaired) electrons. The Morgan fingerprint density at radius 3 is 2.38 bits per heavy atom. The molecule has 2 atom stereocenters. The lowest BCUT2D eigenvalue weighted by atomic mass is 10.0. The summed E-state index contributed by atoms with van der Waals surface area (Å²) in [4.78, 5) is 21.9. The van der Waals surface area contributed by atoms with Crippen LogP contribution in [-0.2, 0) is 16.1 Å². The van der Waals surface area contributed by atoms with E-state index in [1.54, 1.807) is 18.3 Å². The number of nitrogens with zero attached hydrogens (tertiary/aromatic N) is 6. The highest BCUT2D eigenvalue weighted by Crippen LogP contribution is 2.30. The number of hydrogen-bond acceptors (Lipinski definition) is 10. The molecular formula is C35H35ClN13O3+. The number of halogens is 1. The molecule has 2 aliphatic rings. The van der Waals surface area contributed by atoms with Gasteiger partial charge >= 0.3 is 0 Å². The number of fused-ring (bicyclic) bond motifs is 2. The zero-order valence-corrected chi connectivity index (χ0v) is 28.7. The van der Waals surface area contributed by atoms with Crippen molar-refractivity contribution in [1.29, 1.82) is 0 Å². The molecule has 2 aliphatic carbocycles. The van der Waals surface area contributed by atoms with Crippen LogP contribution in [0.4, 0.5) is 23.3 Å². The molecule has 0 aliphatic heterocycles. The molecule has 16 nitrogen and oxygen atoms in total. The number of ether oxygens (including phenoxy) is 1. The molecule has 264 valence electrons. The zero-order valence-electron chi connectivity index (χ0n) is 27.9. The quantitative estimate of drug-likeness (QED) is 0.0613. The number of aliphatic hydroxyl groups is 1. The third-order valence-corrected chi connectivity index (χ3v) is 9.04. The van der Waals surface area contributed by atoms with E-state index in [0.29, 0.717) is 60.9 Å². The predicted molar refractivity (Wildman–Crippen MR) is 196 cm³/mol. The van der Waals surface area contributed by atoms with E-state index in [0.717, 1.165) is 44.3 Å². The smallest absolute Gasteiger partial charge is 0.258 e. The van der Waals surface area contributed by atoms with Crippen molar-refractivity contribution in [2.45, 2.75) is 44.1 Å². The Balaban J connectivity index is 0.817. The molecule has 4 aromatic heterocycles. The average Bonchev–Trinajstić information content (AvgIpc) is 3.95. The number of allylic oxidation sites excluding steroid dienone is 8. The molecule has 0 spiro atoms. The minimum absolute atomic E-state index is 0.161. The topological polar surface area (TPSA) is 214 Å². The first-order valence-corrected chi connectivity index (χ1v) is 17.2. The van der Waals surface area contributed by atoms with Crippen LogP contribution in [-0.4, -0.2) is 74.7 Å². The number of carbonyl (C=O) groups excluding carboxylic acids is 1. The summed E-state index contributed by atoms with van der Waals surface area (Å²) < 4.78 is 7.74. The van der Waals surface area contributed by atoms with Crippen LogP contribution >= 0.6 is 11.6 Å². The highest BCUT2D eigenvalue weighted by molar-refractivity contribution is 6.23. The van der Waals surface area contributed by atoms with Crippen molar-refractivity contribution >= 4 is 73.7 Å². The number of aliphatic hydroxyl groups excluding tert-OH is 1. The van der Waals surface area contributed by atoms with E-state index in [4.69, 9.17) is 16.3 Å². The van der Waals surface area contributed by atoms with E-state index in [9.17, 15) is 9.90 Å². The lowest BCUT2D eigenvalue weighted by Gasteiger charge is -2.20. The van der Waals surface area contributed by atoms with Gasteiger partial charge in [0.25, 0.3) is 5.91 Å². The summed E-state index contributed by atoms with van der Waals surface area (Å²) in [6.45, 7) is 2.29. The average molecular weight is 721 g/mol. The predicted octanol–water partition coefficient (Wildman–Crippen LogP) is 5.17. The minimum Gasteiger partial charge on any atom is -0.512 e. The highest BCUT2D eigenvalue weighted by atomic mass is 35.5. The lowest BCUT2D eigenvalue weighted by Crippen LogP contribution is -2.47. The molecule has 2 unspecified atom stereocenters. The summed E-state index contributed by atoms with van der Waals surface area (Å²) in [6, 6.07) is 11.5. The van der Waals surface area contributed by atoms with E-state index in [2.05, 4.69) is 61.6 Å². The maximum absolute atomic E-state index is 12.8. The normalized spacial score (nSPS) is 16.5. The van der Waals surface area contributed by atoms with Gasteiger partial charge in [-0.15, -0.1) is 26.5 Å². The number of aromatic amines is 4. The molecule has 0 bridgehead atoms. The third-order valence-electron chi connectivity index (χ3n) is 8.67. The van der Waals surface area contributed by atoms with E-state index in [-0.39, 0.29) is 18.6 Å². The number of aromatic nitrogens is 10. The molecular weight excluding hydrogens is 686 g/mol. The number of hydrogen-bond donors (Lipinski definition) is 8. The van der Waals surface area contributed by atoms with Gasteiger partial charge in [0.2, 0.25) is 18.1 Å². The van der Waals surface area contributed by atoms with Gasteiger partial charge in [-0.2, -0.15) is 20.2 Å². The Morgan fingerprint density at radius 2 is 1.65 bits per heavy atom. The number of anilines is 4. The van der Waals surface area contributed by atoms with Crippen LogP contribution in [0.3, 0.4) is 0 Å². The molecule has 17 heteroatoms. The number of H-pyrrole nitrogens is 4. The number of amides is 1. The zero-order chi connectivity index (χ0) is 35.6. The van der Waals surface area contributed by atoms with Gasteiger partial charge in [0.05, 0.1) is 34.3 Å². The van der Waals surface area contributed by atoms with Gasteiger partial charge < -0.3 is 25.8 Å². The van der Waals surface area contributed by atoms with Gasteiger partial charge in [-0.1, -0.05) is 12.2 Å². The summed E-state index contributed by atoms with van der Waals surface area (Å²) in [5.41, 5.74) is 5.41. The number of carbonyl (C=O) groups is 1. The van der Waals surface area contributed by atoms with E-state index >= 15 is 0 Å². The van der Waals surface area contributed by atoms with Gasteiger partial charge in [-0.3, -0.25) is 20.1 Å². The van der Waals surface area contributed by atoms with E-state index < -0.39 is 5.38 Å². The summed E-state index contributed by atoms with van der Waals surface area (Å²) in [5.74, 6) is 2.78. The summed E-state index contributed by atoms with van der Waals surface area (Å²) >= 11 is 6.65. The third kappa shape index (κ3) is 7.36.